The predicted octanol–water partition coefficient (Wildman–Crippen LogP) is 8.46. The summed E-state index contributed by atoms with van der Waals surface area (Å²) in [5, 5.41) is 0. The molecule has 0 bridgehead atoms. The van der Waals surface area contributed by atoms with Gasteiger partial charge in [-0.15, -0.1) is 0 Å². The molecule has 5 rings (SSSR count). The van der Waals surface area contributed by atoms with Gasteiger partial charge in [-0.25, -0.2) is 0 Å². The summed E-state index contributed by atoms with van der Waals surface area (Å²) in [6.45, 7) is 20.7. The second kappa shape index (κ2) is 6.41. The van der Waals surface area contributed by atoms with E-state index in [-0.39, 0.29) is 11.3 Å². The highest BCUT2D eigenvalue weighted by Crippen LogP contribution is 2.78. The maximum atomic E-state index is 12.7. The molecule has 5 saturated carbocycles. The summed E-state index contributed by atoms with van der Waals surface area (Å²) in [6, 6.07) is 0. The lowest BCUT2D eigenvalue weighted by Gasteiger charge is -2.74. The number of ketones is 1. The molecule has 0 spiro atoms. The van der Waals surface area contributed by atoms with Crippen LogP contribution in [-0.2, 0) is 4.79 Å². The molecule has 0 radical (unpaired) electrons. The van der Waals surface area contributed by atoms with Gasteiger partial charge in [-0.2, -0.15) is 0 Å². The molecular formula is C30H50O. The minimum Gasteiger partial charge on any atom is -0.299 e. The molecule has 0 amide bonds. The number of hydrogen-bond donors (Lipinski definition) is 0. The molecule has 176 valence electrons. The molecule has 31 heavy (non-hydrogen) atoms. The Morgan fingerprint density at radius 2 is 1.26 bits per heavy atom. The number of Topliss-reactive ketones (excluding diaryl/α,β-unsaturated/α-hetero) is 1. The first kappa shape index (κ1) is 22.5. The zero-order valence-electron chi connectivity index (χ0n) is 22.0. The molecule has 0 N–H and O–H groups in total. The molecule has 5 aliphatic rings. The molecule has 0 aromatic rings. The number of carbonyl (C=O) groups excluding carboxylic acids is 1. The molecule has 9 atom stereocenters. The third kappa shape index (κ3) is 2.70. The predicted molar refractivity (Wildman–Crippen MR) is 130 cm³/mol. The van der Waals surface area contributed by atoms with Gasteiger partial charge < -0.3 is 0 Å². The topological polar surface area (TPSA) is 17.1 Å². The van der Waals surface area contributed by atoms with Crippen LogP contribution in [0.3, 0.4) is 0 Å². The first-order valence-corrected chi connectivity index (χ1v) is 13.7. The summed E-state index contributed by atoms with van der Waals surface area (Å²) < 4.78 is 0. The van der Waals surface area contributed by atoms with Crippen molar-refractivity contribution in [1.29, 1.82) is 0 Å². The van der Waals surface area contributed by atoms with Crippen molar-refractivity contribution in [3.63, 3.8) is 0 Å². The van der Waals surface area contributed by atoms with E-state index in [1.54, 1.807) is 0 Å². The van der Waals surface area contributed by atoms with Gasteiger partial charge in [-0.1, -0.05) is 55.4 Å². The lowest BCUT2D eigenvalue weighted by Crippen LogP contribution is -2.67. The fourth-order valence-corrected chi connectivity index (χ4v) is 11.2. The SMILES string of the molecule is C[C@H]1C(=O)CCC2[C@]3(C)CC[C@@]4(C)C5CC(C)(C)CC[C@]5(C)CC[C@]4(C)C3CC[C@@]21C. The Balaban J connectivity index is 1.55. The Morgan fingerprint density at radius 3 is 1.97 bits per heavy atom. The molecular weight excluding hydrogens is 376 g/mol. The number of carbonyl (C=O) groups is 1. The molecule has 3 unspecified atom stereocenters. The third-order valence-corrected chi connectivity index (χ3v) is 13.7. The summed E-state index contributed by atoms with van der Waals surface area (Å²) >= 11 is 0. The summed E-state index contributed by atoms with van der Waals surface area (Å²) in [5.41, 5.74) is 2.67. The van der Waals surface area contributed by atoms with Gasteiger partial charge in [0.25, 0.3) is 0 Å². The molecule has 5 fully saturated rings. The van der Waals surface area contributed by atoms with Crippen molar-refractivity contribution >= 4 is 5.78 Å². The van der Waals surface area contributed by atoms with Gasteiger partial charge in [0.1, 0.15) is 5.78 Å². The van der Waals surface area contributed by atoms with E-state index >= 15 is 0 Å². The van der Waals surface area contributed by atoms with Crippen LogP contribution in [0.4, 0.5) is 0 Å². The Kier molecular flexibility index (Phi) is 4.65. The van der Waals surface area contributed by atoms with Crippen LogP contribution in [0.25, 0.3) is 0 Å². The third-order valence-electron chi connectivity index (χ3n) is 13.7. The highest BCUT2D eigenvalue weighted by molar-refractivity contribution is 5.82. The fourth-order valence-electron chi connectivity index (χ4n) is 11.2. The summed E-state index contributed by atoms with van der Waals surface area (Å²) in [7, 11) is 0. The normalized spacial score (nSPS) is 58.5. The van der Waals surface area contributed by atoms with Gasteiger partial charge in [-0.3, -0.25) is 4.79 Å². The van der Waals surface area contributed by atoms with Crippen LogP contribution in [0.5, 0.6) is 0 Å². The molecule has 0 aromatic carbocycles. The number of rotatable bonds is 0. The van der Waals surface area contributed by atoms with Gasteiger partial charge in [0.15, 0.2) is 0 Å². The van der Waals surface area contributed by atoms with Gasteiger partial charge in [-0.05, 0) is 114 Å². The van der Waals surface area contributed by atoms with Crippen molar-refractivity contribution in [3.05, 3.63) is 0 Å². The smallest absolute Gasteiger partial charge is 0.136 e. The van der Waals surface area contributed by atoms with E-state index < -0.39 is 0 Å². The second-order valence-electron chi connectivity index (χ2n) is 15.3. The van der Waals surface area contributed by atoms with Crippen LogP contribution >= 0.6 is 0 Å². The molecule has 1 nitrogen and oxygen atoms in total. The second-order valence-corrected chi connectivity index (χ2v) is 15.3. The molecule has 0 aliphatic heterocycles. The lowest BCUT2D eigenvalue weighted by atomic mass is 9.30. The number of hydrogen-bond acceptors (Lipinski definition) is 1. The van der Waals surface area contributed by atoms with Crippen LogP contribution < -0.4 is 0 Å². The van der Waals surface area contributed by atoms with E-state index in [1.165, 1.54) is 57.8 Å². The first-order valence-electron chi connectivity index (χ1n) is 13.7. The Labute approximate surface area is 192 Å². The quantitative estimate of drug-likeness (QED) is 0.379. The minimum absolute atomic E-state index is 0.237. The Hall–Kier alpha value is -0.330. The van der Waals surface area contributed by atoms with Crippen LogP contribution in [0.2, 0.25) is 0 Å². The highest BCUT2D eigenvalue weighted by Gasteiger charge is 2.70. The Bertz CT molecular complexity index is 781. The van der Waals surface area contributed by atoms with Crippen LogP contribution in [0.1, 0.15) is 126 Å². The fraction of sp³-hybridized carbons (Fsp3) is 0.967. The van der Waals surface area contributed by atoms with E-state index in [0.29, 0.717) is 32.9 Å². The molecule has 5 aliphatic carbocycles. The molecule has 0 aromatic heterocycles. The monoisotopic (exact) mass is 426 g/mol. The minimum atomic E-state index is 0.237. The van der Waals surface area contributed by atoms with Crippen molar-refractivity contribution in [1.82, 2.24) is 0 Å². The van der Waals surface area contributed by atoms with Crippen molar-refractivity contribution in [2.75, 3.05) is 0 Å². The average Bonchev–Trinajstić information content (AvgIpc) is 2.69. The maximum absolute atomic E-state index is 12.7. The summed E-state index contributed by atoms with van der Waals surface area (Å²) in [6.07, 6.45) is 14.6. The maximum Gasteiger partial charge on any atom is 0.136 e. The van der Waals surface area contributed by atoms with Crippen molar-refractivity contribution in [2.24, 2.45) is 56.2 Å². The van der Waals surface area contributed by atoms with Crippen LogP contribution in [-0.4, -0.2) is 5.78 Å². The van der Waals surface area contributed by atoms with Crippen LogP contribution in [0, 0.1) is 56.2 Å². The van der Waals surface area contributed by atoms with Gasteiger partial charge in [0.05, 0.1) is 0 Å². The van der Waals surface area contributed by atoms with E-state index in [0.717, 1.165) is 30.6 Å². The highest BCUT2D eigenvalue weighted by atomic mass is 16.1. The van der Waals surface area contributed by atoms with E-state index in [1.807, 2.05) is 0 Å². The largest absolute Gasteiger partial charge is 0.299 e. The summed E-state index contributed by atoms with van der Waals surface area (Å²) in [4.78, 5) is 12.7. The van der Waals surface area contributed by atoms with E-state index in [2.05, 4.69) is 55.4 Å². The van der Waals surface area contributed by atoms with E-state index in [9.17, 15) is 4.79 Å². The summed E-state index contributed by atoms with van der Waals surface area (Å²) in [5.74, 6) is 3.27. The lowest BCUT2D eigenvalue weighted by molar-refractivity contribution is -0.256. The average molecular weight is 427 g/mol. The molecule has 0 saturated heterocycles. The van der Waals surface area contributed by atoms with Gasteiger partial charge in [0.2, 0.25) is 0 Å². The van der Waals surface area contributed by atoms with E-state index in [4.69, 9.17) is 0 Å². The first-order chi connectivity index (χ1) is 14.2. The standard InChI is InChI=1S/C30H50O/c1-20-21(31)9-10-22-27(20,5)12-11-23-28(22,6)16-18-30(8)24-19-25(2,3)13-14-26(24,4)15-17-29(23,30)7/h20,22-24H,9-19H2,1-8H3/t20-,22?,23?,24?,26+,27+,28-,29+,30-/m0/s1. The zero-order valence-corrected chi connectivity index (χ0v) is 22.0. The van der Waals surface area contributed by atoms with Gasteiger partial charge in [0, 0.05) is 12.3 Å². The van der Waals surface area contributed by atoms with Crippen molar-refractivity contribution < 1.29 is 4.79 Å². The van der Waals surface area contributed by atoms with Crippen molar-refractivity contribution in [3.8, 4) is 0 Å². The van der Waals surface area contributed by atoms with Gasteiger partial charge >= 0.3 is 0 Å². The van der Waals surface area contributed by atoms with Crippen LogP contribution in [0.15, 0.2) is 0 Å². The van der Waals surface area contributed by atoms with Crippen molar-refractivity contribution in [2.45, 2.75) is 126 Å². The molecule has 1 heteroatoms. The Morgan fingerprint density at radius 1 is 0.645 bits per heavy atom. The number of fused-ring (bicyclic) bond motifs is 7. The zero-order chi connectivity index (χ0) is 22.7. The molecule has 0 heterocycles.